The fourth-order valence-electron chi connectivity index (χ4n) is 6.14. The summed E-state index contributed by atoms with van der Waals surface area (Å²) in [5, 5.41) is 2.87. The number of hydrogen-bond donors (Lipinski definition) is 2. The summed E-state index contributed by atoms with van der Waals surface area (Å²) in [6, 6.07) is 32.2. The summed E-state index contributed by atoms with van der Waals surface area (Å²) in [6.45, 7) is 5.55. The van der Waals surface area contributed by atoms with E-state index in [0.29, 0.717) is 18.7 Å². The molecule has 0 aromatic heterocycles. The summed E-state index contributed by atoms with van der Waals surface area (Å²) in [7, 11) is 0. The zero-order valence-electron chi connectivity index (χ0n) is 26.1. The Morgan fingerprint density at radius 2 is 1.57 bits per heavy atom. The minimum atomic E-state index is -0.314. The van der Waals surface area contributed by atoms with Gasteiger partial charge >= 0.3 is 0 Å². The average molecular weight is 666 g/mol. The van der Waals surface area contributed by atoms with E-state index in [1.54, 1.807) is 12.1 Å². The van der Waals surface area contributed by atoms with Crippen molar-refractivity contribution in [2.75, 3.05) is 26.2 Å². The van der Waals surface area contributed by atoms with Gasteiger partial charge in [0.2, 0.25) is 5.91 Å². The summed E-state index contributed by atoms with van der Waals surface area (Å²) < 4.78 is 13.6. The van der Waals surface area contributed by atoms with Crippen molar-refractivity contribution in [2.45, 2.75) is 44.8 Å². The third-order valence-electron chi connectivity index (χ3n) is 8.45. The normalized spacial score (nSPS) is 14.0. The predicted octanol–water partition coefficient (Wildman–Crippen LogP) is 6.82. The lowest BCUT2D eigenvalue weighted by molar-refractivity contribution is -0.136. The molecule has 1 fully saturated rings. The van der Waals surface area contributed by atoms with Gasteiger partial charge in [0.05, 0.1) is 12.5 Å². The van der Waals surface area contributed by atoms with Crippen LogP contribution >= 0.6 is 24.8 Å². The fraction of sp³-hybridized carbons (Fsp3) is 0.297. The van der Waals surface area contributed by atoms with Gasteiger partial charge in [0, 0.05) is 44.3 Å². The third kappa shape index (κ3) is 9.39. The van der Waals surface area contributed by atoms with Crippen molar-refractivity contribution in [3.8, 4) is 11.1 Å². The number of carbonyl (C=O) groups excluding carboxylic acids is 2. The molecule has 244 valence electrons. The molecule has 2 amide bonds. The molecule has 0 bridgehead atoms. The highest BCUT2D eigenvalue weighted by molar-refractivity contribution is 6.00. The number of amides is 2. The van der Waals surface area contributed by atoms with E-state index in [1.165, 1.54) is 17.7 Å². The molecule has 5 rings (SSSR count). The molecule has 46 heavy (non-hydrogen) atoms. The van der Waals surface area contributed by atoms with Crippen LogP contribution in [0.15, 0.2) is 103 Å². The van der Waals surface area contributed by atoms with Crippen molar-refractivity contribution in [3.63, 3.8) is 0 Å². The number of nitrogens with two attached hydrogens (primary N) is 1. The SMILES string of the molecule is CC(c1cccc(-c2ccccc2C(=O)NCCN)c1)N(C(=O)Cc1ccc(F)cc1)C1CCN(Cc2ccccc2)CC1.Cl.Cl. The quantitative estimate of drug-likeness (QED) is 0.184. The Hall–Kier alpha value is -3.75. The predicted molar refractivity (Wildman–Crippen MR) is 188 cm³/mol. The first-order valence-corrected chi connectivity index (χ1v) is 15.4. The van der Waals surface area contributed by atoms with Crippen LogP contribution in [0.1, 0.15) is 52.9 Å². The third-order valence-corrected chi connectivity index (χ3v) is 8.45. The standard InChI is InChI=1S/C37H41FN4O2.2ClH/c1-27(30-10-7-11-31(25-30)34-12-5-6-13-35(34)37(44)40-21-20-39)42(36(43)24-28-14-16-32(38)17-15-28)33-18-22-41(23-19-33)26-29-8-3-2-4-9-29;;/h2-17,25,27,33H,18-24,26,39H2,1H3,(H,40,44);2*1H. The molecule has 4 aromatic carbocycles. The second-order valence-electron chi connectivity index (χ2n) is 11.5. The van der Waals surface area contributed by atoms with Crippen molar-refractivity contribution in [3.05, 3.63) is 131 Å². The van der Waals surface area contributed by atoms with Gasteiger partial charge in [-0.05, 0) is 71.8 Å². The molecule has 9 heteroatoms. The van der Waals surface area contributed by atoms with E-state index in [0.717, 1.165) is 54.7 Å². The van der Waals surface area contributed by atoms with Gasteiger partial charge in [0.15, 0.2) is 0 Å². The summed E-state index contributed by atoms with van der Waals surface area (Å²) in [6.07, 6.45) is 1.95. The van der Waals surface area contributed by atoms with Crippen LogP contribution in [0.5, 0.6) is 0 Å². The lowest BCUT2D eigenvalue weighted by Crippen LogP contribution is -2.48. The van der Waals surface area contributed by atoms with Crippen LogP contribution in [0.2, 0.25) is 0 Å². The monoisotopic (exact) mass is 664 g/mol. The summed E-state index contributed by atoms with van der Waals surface area (Å²) >= 11 is 0. The van der Waals surface area contributed by atoms with Gasteiger partial charge in [-0.3, -0.25) is 14.5 Å². The van der Waals surface area contributed by atoms with Gasteiger partial charge < -0.3 is 16.0 Å². The molecule has 1 saturated heterocycles. The maximum absolute atomic E-state index is 14.0. The molecule has 0 spiro atoms. The number of likely N-dealkylation sites (tertiary alicyclic amines) is 1. The van der Waals surface area contributed by atoms with Gasteiger partial charge in [-0.15, -0.1) is 24.8 Å². The zero-order chi connectivity index (χ0) is 30.9. The van der Waals surface area contributed by atoms with E-state index in [4.69, 9.17) is 5.73 Å². The van der Waals surface area contributed by atoms with E-state index in [2.05, 4.69) is 47.5 Å². The number of nitrogens with zero attached hydrogens (tertiary/aromatic N) is 2. The van der Waals surface area contributed by atoms with Gasteiger partial charge in [-0.1, -0.05) is 78.9 Å². The highest BCUT2D eigenvalue weighted by Gasteiger charge is 2.32. The number of rotatable bonds is 11. The molecule has 1 heterocycles. The minimum absolute atomic E-state index is 0. The van der Waals surface area contributed by atoms with Crippen LogP contribution < -0.4 is 11.1 Å². The topological polar surface area (TPSA) is 78.7 Å². The molecule has 0 radical (unpaired) electrons. The molecule has 1 aliphatic heterocycles. The van der Waals surface area contributed by atoms with E-state index < -0.39 is 0 Å². The first kappa shape index (κ1) is 36.7. The number of halogens is 3. The van der Waals surface area contributed by atoms with Crippen LogP contribution in [-0.2, 0) is 17.8 Å². The molecule has 1 aliphatic rings. The molecule has 1 atom stereocenters. The van der Waals surface area contributed by atoms with E-state index in [1.807, 2.05) is 53.4 Å². The van der Waals surface area contributed by atoms with Crippen molar-refractivity contribution in [2.24, 2.45) is 5.73 Å². The first-order valence-electron chi connectivity index (χ1n) is 15.4. The first-order chi connectivity index (χ1) is 21.4. The summed E-state index contributed by atoms with van der Waals surface area (Å²) in [5.74, 6) is -0.452. The zero-order valence-corrected chi connectivity index (χ0v) is 27.7. The van der Waals surface area contributed by atoms with Crippen molar-refractivity contribution in [1.29, 1.82) is 0 Å². The maximum Gasteiger partial charge on any atom is 0.251 e. The van der Waals surface area contributed by atoms with Gasteiger partial charge in [-0.25, -0.2) is 4.39 Å². The summed E-state index contributed by atoms with van der Waals surface area (Å²) in [4.78, 5) is 31.4. The largest absolute Gasteiger partial charge is 0.351 e. The number of benzene rings is 4. The minimum Gasteiger partial charge on any atom is -0.351 e. The van der Waals surface area contributed by atoms with Crippen LogP contribution in [0.3, 0.4) is 0 Å². The van der Waals surface area contributed by atoms with Crippen LogP contribution in [0, 0.1) is 5.82 Å². The Labute approximate surface area is 284 Å². The van der Waals surface area contributed by atoms with Gasteiger partial charge in [0.25, 0.3) is 5.91 Å². The second kappa shape index (κ2) is 17.8. The lowest BCUT2D eigenvalue weighted by Gasteiger charge is -2.42. The molecular weight excluding hydrogens is 622 g/mol. The Morgan fingerprint density at radius 3 is 2.26 bits per heavy atom. The lowest BCUT2D eigenvalue weighted by atomic mass is 9.93. The van der Waals surface area contributed by atoms with E-state index >= 15 is 0 Å². The summed E-state index contributed by atoms with van der Waals surface area (Å²) in [5.41, 5.74) is 11.0. The van der Waals surface area contributed by atoms with E-state index in [9.17, 15) is 14.0 Å². The molecule has 4 aromatic rings. The maximum atomic E-state index is 14.0. The van der Waals surface area contributed by atoms with Crippen molar-refractivity contribution in [1.82, 2.24) is 15.1 Å². The molecule has 6 nitrogen and oxygen atoms in total. The smallest absolute Gasteiger partial charge is 0.251 e. The fourth-order valence-corrected chi connectivity index (χ4v) is 6.14. The molecule has 0 saturated carbocycles. The van der Waals surface area contributed by atoms with E-state index in [-0.39, 0.29) is 61.0 Å². The van der Waals surface area contributed by atoms with Crippen LogP contribution in [0.25, 0.3) is 11.1 Å². The number of piperidine rings is 1. The molecule has 1 unspecified atom stereocenters. The Balaban J connectivity index is 0.00000288. The number of nitrogens with one attached hydrogen (secondary N) is 1. The van der Waals surface area contributed by atoms with Crippen molar-refractivity contribution < 1.29 is 14.0 Å². The number of hydrogen-bond acceptors (Lipinski definition) is 4. The van der Waals surface area contributed by atoms with Gasteiger partial charge in [0.1, 0.15) is 5.82 Å². The molecule has 0 aliphatic carbocycles. The van der Waals surface area contributed by atoms with Gasteiger partial charge in [-0.2, -0.15) is 0 Å². The second-order valence-corrected chi connectivity index (χ2v) is 11.5. The van der Waals surface area contributed by atoms with Crippen LogP contribution in [-0.4, -0.2) is 53.8 Å². The Kier molecular flexibility index (Phi) is 14.2. The highest BCUT2D eigenvalue weighted by atomic mass is 35.5. The van der Waals surface area contributed by atoms with Crippen LogP contribution in [0.4, 0.5) is 4.39 Å². The molecule has 3 N–H and O–H groups in total. The Bertz CT molecular complexity index is 1550. The Morgan fingerprint density at radius 1 is 0.891 bits per heavy atom. The number of carbonyl (C=O) groups is 2. The molecular formula is C37H43Cl2FN4O2. The average Bonchev–Trinajstić information content (AvgIpc) is 3.06. The van der Waals surface area contributed by atoms with Crippen molar-refractivity contribution >= 4 is 36.6 Å². The highest BCUT2D eigenvalue weighted by Crippen LogP contribution is 2.32.